The van der Waals surface area contributed by atoms with Gasteiger partial charge in [-0.15, -0.1) is 0 Å². The van der Waals surface area contributed by atoms with Crippen LogP contribution < -0.4 is 9.47 Å². The third-order valence-electron chi connectivity index (χ3n) is 5.01. The molecule has 3 aromatic carbocycles. The Labute approximate surface area is 170 Å². The quantitative estimate of drug-likeness (QED) is 0.567. The van der Waals surface area contributed by atoms with Crippen molar-refractivity contribution in [2.45, 2.75) is 18.4 Å². The molecule has 0 atom stereocenters. The first-order valence-corrected chi connectivity index (χ1v) is 9.30. The molecule has 0 saturated heterocycles. The van der Waals surface area contributed by atoms with E-state index in [9.17, 15) is 9.90 Å². The second-order valence-corrected chi connectivity index (χ2v) is 6.76. The van der Waals surface area contributed by atoms with E-state index in [2.05, 4.69) is 0 Å². The lowest BCUT2D eigenvalue weighted by Gasteiger charge is -2.30. The highest BCUT2D eigenvalue weighted by Crippen LogP contribution is 2.38. The summed E-state index contributed by atoms with van der Waals surface area (Å²) in [6.07, 6.45) is 0.514. The summed E-state index contributed by atoms with van der Waals surface area (Å²) >= 11 is 0. The number of hydrogen-bond donors (Lipinski definition) is 2. The minimum Gasteiger partial charge on any atom is -0.497 e. The minimum atomic E-state index is -1.39. The molecular weight excluding hydrogens is 368 g/mol. The number of aliphatic hydroxyl groups is 1. The molecule has 0 bridgehead atoms. The molecule has 0 fully saturated rings. The number of ether oxygens (including phenoxy) is 2. The van der Waals surface area contributed by atoms with Crippen LogP contribution in [0.25, 0.3) is 0 Å². The fourth-order valence-corrected chi connectivity index (χ4v) is 3.33. The Morgan fingerprint density at radius 3 is 1.48 bits per heavy atom. The van der Waals surface area contributed by atoms with Crippen LogP contribution in [0.2, 0.25) is 0 Å². The monoisotopic (exact) mass is 392 g/mol. The summed E-state index contributed by atoms with van der Waals surface area (Å²) in [6, 6.07) is 22.0. The van der Waals surface area contributed by atoms with Crippen molar-refractivity contribution in [1.82, 2.24) is 0 Å². The van der Waals surface area contributed by atoms with Crippen molar-refractivity contribution < 1.29 is 24.5 Å². The molecule has 3 rings (SSSR count). The van der Waals surface area contributed by atoms with Crippen LogP contribution in [-0.2, 0) is 16.8 Å². The number of rotatable bonds is 8. The van der Waals surface area contributed by atoms with Gasteiger partial charge in [-0.2, -0.15) is 0 Å². The Hall–Kier alpha value is -3.31. The molecule has 0 heterocycles. The van der Waals surface area contributed by atoms with E-state index in [0.29, 0.717) is 34.6 Å². The summed E-state index contributed by atoms with van der Waals surface area (Å²) in [5.74, 6) is 0.576. The summed E-state index contributed by atoms with van der Waals surface area (Å²) in [5.41, 5.74) is 1.60. The molecule has 3 aromatic rings. The van der Waals surface area contributed by atoms with Gasteiger partial charge >= 0.3 is 5.97 Å². The third kappa shape index (κ3) is 4.41. The number of aliphatic carboxylic acids is 1. The van der Waals surface area contributed by atoms with Crippen LogP contribution >= 0.6 is 0 Å². The van der Waals surface area contributed by atoms with Crippen LogP contribution in [0.1, 0.15) is 28.7 Å². The lowest BCUT2D eigenvalue weighted by atomic mass is 9.80. The molecule has 2 N–H and O–H groups in total. The largest absolute Gasteiger partial charge is 0.497 e. The molecule has 150 valence electrons. The first kappa shape index (κ1) is 20.4. The van der Waals surface area contributed by atoms with E-state index >= 15 is 0 Å². The second-order valence-electron chi connectivity index (χ2n) is 6.76. The number of benzene rings is 3. The molecule has 0 aliphatic carbocycles. The highest BCUT2D eigenvalue weighted by atomic mass is 16.5. The Kier molecular flexibility index (Phi) is 6.20. The maximum atomic E-state index is 11.9. The fraction of sp³-hybridized carbons (Fsp3) is 0.208. The maximum absolute atomic E-state index is 11.9. The number of aryl methyl sites for hydroxylation is 1. The Bertz CT molecular complexity index is 897. The van der Waals surface area contributed by atoms with Gasteiger partial charge < -0.3 is 19.7 Å². The van der Waals surface area contributed by atoms with Gasteiger partial charge in [0, 0.05) is 6.42 Å². The zero-order chi connectivity index (χ0) is 20.9. The number of carbonyl (C=O) groups is 1. The van der Waals surface area contributed by atoms with Crippen molar-refractivity contribution in [3.05, 3.63) is 95.1 Å². The van der Waals surface area contributed by atoms with Crippen molar-refractivity contribution in [1.29, 1.82) is 0 Å². The third-order valence-corrected chi connectivity index (χ3v) is 5.01. The first-order valence-electron chi connectivity index (χ1n) is 9.30. The average Bonchev–Trinajstić information content (AvgIpc) is 2.77. The standard InChI is InChI=1S/C24H24O5/c1-28-21-12-8-19(9-13-21)24(27,20-10-14-22(29-2)15-11-20)18-6-3-17(4-7-18)5-16-23(25)26/h3-4,6-15,27H,5,16H2,1-2H3,(H,25,26). The minimum absolute atomic E-state index is 0.0700. The molecular formula is C24H24O5. The summed E-state index contributed by atoms with van der Waals surface area (Å²) in [6.45, 7) is 0. The van der Waals surface area contributed by atoms with Gasteiger partial charge in [0.1, 0.15) is 17.1 Å². The predicted molar refractivity (Wildman–Crippen MR) is 110 cm³/mol. The lowest BCUT2D eigenvalue weighted by Crippen LogP contribution is -2.28. The highest BCUT2D eigenvalue weighted by molar-refractivity contribution is 5.67. The van der Waals surface area contributed by atoms with Crippen molar-refractivity contribution in [3.8, 4) is 11.5 Å². The molecule has 5 nitrogen and oxygen atoms in total. The maximum Gasteiger partial charge on any atom is 0.303 e. The van der Waals surface area contributed by atoms with E-state index in [1.165, 1.54) is 0 Å². The van der Waals surface area contributed by atoms with Crippen LogP contribution in [0.4, 0.5) is 0 Å². The molecule has 0 aliphatic rings. The van der Waals surface area contributed by atoms with E-state index in [0.717, 1.165) is 5.56 Å². The SMILES string of the molecule is COc1ccc(C(O)(c2ccc(CCC(=O)O)cc2)c2ccc(OC)cc2)cc1. The summed E-state index contributed by atoms with van der Waals surface area (Å²) in [4.78, 5) is 10.8. The van der Waals surface area contributed by atoms with E-state index in [1.54, 1.807) is 14.2 Å². The molecule has 0 aliphatic heterocycles. The van der Waals surface area contributed by atoms with Crippen LogP contribution in [0, 0.1) is 0 Å². The van der Waals surface area contributed by atoms with Gasteiger partial charge in [0.2, 0.25) is 0 Å². The van der Waals surface area contributed by atoms with E-state index in [-0.39, 0.29) is 6.42 Å². The summed E-state index contributed by atoms with van der Waals surface area (Å²) in [5, 5.41) is 20.8. The van der Waals surface area contributed by atoms with Crippen LogP contribution in [0.5, 0.6) is 11.5 Å². The molecule has 0 radical (unpaired) electrons. The van der Waals surface area contributed by atoms with Crippen LogP contribution in [0.3, 0.4) is 0 Å². The van der Waals surface area contributed by atoms with Crippen LogP contribution in [0.15, 0.2) is 72.8 Å². The molecule has 0 saturated carbocycles. The zero-order valence-electron chi connectivity index (χ0n) is 16.5. The van der Waals surface area contributed by atoms with Gasteiger partial charge in [-0.25, -0.2) is 0 Å². The van der Waals surface area contributed by atoms with Crippen molar-refractivity contribution in [2.24, 2.45) is 0 Å². The van der Waals surface area contributed by atoms with Gasteiger partial charge in [-0.3, -0.25) is 4.79 Å². The van der Waals surface area contributed by atoms with Gasteiger partial charge in [0.15, 0.2) is 0 Å². The van der Waals surface area contributed by atoms with Crippen LogP contribution in [-0.4, -0.2) is 30.4 Å². The van der Waals surface area contributed by atoms with Gasteiger partial charge in [0.05, 0.1) is 14.2 Å². The topological polar surface area (TPSA) is 76.0 Å². The van der Waals surface area contributed by atoms with Gasteiger partial charge in [0.25, 0.3) is 0 Å². The van der Waals surface area contributed by atoms with E-state index in [4.69, 9.17) is 14.6 Å². The van der Waals surface area contributed by atoms with E-state index in [1.807, 2.05) is 72.8 Å². The highest BCUT2D eigenvalue weighted by Gasteiger charge is 2.34. The zero-order valence-corrected chi connectivity index (χ0v) is 16.5. The smallest absolute Gasteiger partial charge is 0.303 e. The molecule has 0 spiro atoms. The molecule has 0 unspecified atom stereocenters. The molecule has 0 aromatic heterocycles. The van der Waals surface area contributed by atoms with E-state index < -0.39 is 11.6 Å². The number of carboxylic acids is 1. The number of methoxy groups -OCH3 is 2. The fourth-order valence-electron chi connectivity index (χ4n) is 3.33. The normalized spacial score (nSPS) is 11.1. The summed E-state index contributed by atoms with van der Waals surface area (Å²) in [7, 11) is 3.20. The van der Waals surface area contributed by atoms with Crippen molar-refractivity contribution >= 4 is 5.97 Å². The van der Waals surface area contributed by atoms with Gasteiger partial charge in [-0.1, -0.05) is 48.5 Å². The average molecular weight is 392 g/mol. The molecule has 0 amide bonds. The second kappa shape index (κ2) is 8.80. The number of hydrogen-bond acceptors (Lipinski definition) is 4. The summed E-state index contributed by atoms with van der Waals surface area (Å²) < 4.78 is 10.5. The first-order chi connectivity index (χ1) is 14.0. The Morgan fingerprint density at radius 2 is 1.14 bits per heavy atom. The van der Waals surface area contributed by atoms with Crippen molar-refractivity contribution in [3.63, 3.8) is 0 Å². The Morgan fingerprint density at radius 1 is 0.759 bits per heavy atom. The lowest BCUT2D eigenvalue weighted by molar-refractivity contribution is -0.136. The Balaban J connectivity index is 2.05. The number of carboxylic acid groups (broad SMARTS) is 1. The molecule has 29 heavy (non-hydrogen) atoms. The van der Waals surface area contributed by atoms with Crippen molar-refractivity contribution in [2.75, 3.05) is 14.2 Å². The van der Waals surface area contributed by atoms with Gasteiger partial charge in [-0.05, 0) is 52.9 Å². The predicted octanol–water partition coefficient (Wildman–Crippen LogP) is 4.01. The molecule has 5 heteroatoms.